The van der Waals surface area contributed by atoms with Gasteiger partial charge in [-0.3, -0.25) is 19.1 Å². The molecule has 0 bridgehead atoms. The lowest BCUT2D eigenvalue weighted by atomic mass is 10.1. The first kappa shape index (κ1) is 20.3. The molecule has 1 aliphatic heterocycles. The third kappa shape index (κ3) is 3.76. The summed E-state index contributed by atoms with van der Waals surface area (Å²) in [7, 11) is 1.61. The van der Waals surface area contributed by atoms with Gasteiger partial charge in [-0.15, -0.1) is 0 Å². The van der Waals surface area contributed by atoms with Crippen molar-refractivity contribution >= 4 is 46.1 Å². The molecule has 1 aromatic heterocycles. The number of methoxy groups -OCH3 is 1. The van der Waals surface area contributed by atoms with Crippen LogP contribution in [0.3, 0.4) is 0 Å². The number of para-hydroxylation sites is 2. The number of carbonyl (C=O) groups is 2. The first-order chi connectivity index (χ1) is 14.5. The Balaban J connectivity index is 1.60. The number of hydrogen-bond acceptors (Lipinski definition) is 4. The van der Waals surface area contributed by atoms with E-state index in [0.717, 1.165) is 11.0 Å². The zero-order valence-corrected chi connectivity index (χ0v) is 17.0. The number of nitrogens with zero attached hydrogens (tertiary/aromatic N) is 3. The van der Waals surface area contributed by atoms with Crippen LogP contribution >= 0.6 is 11.6 Å². The van der Waals surface area contributed by atoms with Gasteiger partial charge in [0.15, 0.2) is 0 Å². The monoisotopic (exact) mass is 430 g/mol. The van der Waals surface area contributed by atoms with Crippen molar-refractivity contribution in [2.24, 2.45) is 0 Å². The summed E-state index contributed by atoms with van der Waals surface area (Å²) in [6.07, 6.45) is 0.570. The molecule has 0 unspecified atom stereocenters. The lowest BCUT2D eigenvalue weighted by Crippen LogP contribution is -2.32. The molecule has 0 fully saturated rings. The molecule has 4 rings (SSSR count). The van der Waals surface area contributed by atoms with Crippen LogP contribution in [0.1, 0.15) is 18.9 Å². The van der Waals surface area contributed by atoms with Crippen molar-refractivity contribution in [2.45, 2.75) is 18.9 Å². The minimum absolute atomic E-state index is 0.0814. The minimum atomic E-state index is -0.717. The van der Waals surface area contributed by atoms with Gasteiger partial charge in [-0.25, -0.2) is 9.37 Å². The van der Waals surface area contributed by atoms with Crippen LogP contribution < -0.4 is 10.2 Å². The summed E-state index contributed by atoms with van der Waals surface area (Å²) in [4.78, 5) is 32.0. The van der Waals surface area contributed by atoms with E-state index in [1.165, 1.54) is 18.2 Å². The number of anilines is 2. The van der Waals surface area contributed by atoms with Crippen molar-refractivity contribution in [3.8, 4) is 0 Å². The van der Waals surface area contributed by atoms with E-state index in [9.17, 15) is 14.0 Å². The van der Waals surface area contributed by atoms with Crippen LogP contribution in [0, 0.1) is 5.82 Å². The molecule has 30 heavy (non-hydrogen) atoms. The normalized spacial score (nSPS) is 15.6. The molecule has 0 spiro atoms. The van der Waals surface area contributed by atoms with E-state index in [0.29, 0.717) is 31.2 Å². The minimum Gasteiger partial charge on any atom is -0.385 e. The molecule has 0 saturated heterocycles. The highest BCUT2D eigenvalue weighted by atomic mass is 35.5. The molecule has 0 saturated carbocycles. The molecule has 1 atom stereocenters. The van der Waals surface area contributed by atoms with Crippen molar-refractivity contribution in [3.63, 3.8) is 0 Å². The predicted molar refractivity (Wildman–Crippen MR) is 112 cm³/mol. The second kappa shape index (κ2) is 8.41. The van der Waals surface area contributed by atoms with Crippen LogP contribution in [0.25, 0.3) is 11.0 Å². The van der Waals surface area contributed by atoms with Crippen LogP contribution in [-0.2, 0) is 14.3 Å². The van der Waals surface area contributed by atoms with Gasteiger partial charge in [0.2, 0.25) is 11.9 Å². The number of rotatable bonds is 7. The number of fused-ring (bicyclic) bond motifs is 3. The van der Waals surface area contributed by atoms with Gasteiger partial charge in [-0.2, -0.15) is 0 Å². The van der Waals surface area contributed by atoms with Gasteiger partial charge >= 0.3 is 0 Å². The van der Waals surface area contributed by atoms with Crippen molar-refractivity contribution in [1.29, 1.82) is 0 Å². The Hall–Kier alpha value is -2.97. The van der Waals surface area contributed by atoms with Gasteiger partial charge in [0.25, 0.3) is 5.91 Å². The maximum absolute atomic E-state index is 13.3. The van der Waals surface area contributed by atoms with E-state index in [2.05, 4.69) is 10.3 Å². The number of imidazole rings is 1. The number of nitrogens with one attached hydrogen (secondary N) is 1. The Morgan fingerprint density at radius 1 is 1.30 bits per heavy atom. The van der Waals surface area contributed by atoms with Crippen LogP contribution in [-0.4, -0.2) is 41.6 Å². The molecular weight excluding hydrogens is 411 g/mol. The Morgan fingerprint density at radius 2 is 2.10 bits per heavy atom. The van der Waals surface area contributed by atoms with Crippen molar-refractivity contribution in [1.82, 2.24) is 9.55 Å². The maximum Gasteiger partial charge on any atom is 0.253 e. The fourth-order valence-electron chi connectivity index (χ4n) is 3.64. The molecule has 2 aromatic carbocycles. The van der Waals surface area contributed by atoms with Crippen molar-refractivity contribution < 1.29 is 18.7 Å². The number of carbonyl (C=O) groups excluding carboxylic acids is 2. The molecular formula is C21H20ClFN4O3. The lowest BCUT2D eigenvalue weighted by Gasteiger charge is -2.15. The summed E-state index contributed by atoms with van der Waals surface area (Å²) in [6, 6.07) is 10.7. The van der Waals surface area contributed by atoms with E-state index in [1.54, 1.807) is 12.0 Å². The maximum atomic E-state index is 13.3. The predicted octanol–water partition coefficient (Wildman–Crippen LogP) is 3.78. The molecule has 2 amide bonds. The summed E-state index contributed by atoms with van der Waals surface area (Å²) >= 11 is 5.78. The molecule has 0 aliphatic carbocycles. The zero-order chi connectivity index (χ0) is 21.3. The quantitative estimate of drug-likeness (QED) is 0.579. The van der Waals surface area contributed by atoms with Crippen LogP contribution in [0.4, 0.5) is 16.0 Å². The second-order valence-electron chi connectivity index (χ2n) is 7.00. The molecule has 3 aromatic rings. The standard InChI is InChI=1S/C21H20ClFN4O3/c1-30-10-4-9-26-20(29)18(27-17-6-3-2-5-16(17)25-21(26)27)12-19(28)24-13-7-8-15(23)14(22)11-13/h2-3,5-8,11,18H,4,9-10,12H2,1H3,(H,24,28)/t18-/m1/s1. The molecule has 7 nitrogen and oxygen atoms in total. The zero-order valence-electron chi connectivity index (χ0n) is 16.3. The summed E-state index contributed by atoms with van der Waals surface area (Å²) in [5.41, 5.74) is 1.91. The summed E-state index contributed by atoms with van der Waals surface area (Å²) < 4.78 is 20.2. The van der Waals surface area contributed by atoms with E-state index >= 15 is 0 Å². The molecule has 2 heterocycles. The van der Waals surface area contributed by atoms with E-state index in [-0.39, 0.29) is 23.3 Å². The highest BCUT2D eigenvalue weighted by molar-refractivity contribution is 6.31. The number of amides is 2. The summed E-state index contributed by atoms with van der Waals surface area (Å²) in [6.45, 7) is 0.960. The number of halogens is 2. The topological polar surface area (TPSA) is 76.5 Å². The largest absolute Gasteiger partial charge is 0.385 e. The third-order valence-electron chi connectivity index (χ3n) is 4.99. The van der Waals surface area contributed by atoms with Gasteiger partial charge in [-0.1, -0.05) is 23.7 Å². The van der Waals surface area contributed by atoms with Gasteiger partial charge in [0.05, 0.1) is 22.5 Å². The van der Waals surface area contributed by atoms with E-state index in [1.807, 2.05) is 28.8 Å². The van der Waals surface area contributed by atoms with Crippen LogP contribution in [0.5, 0.6) is 0 Å². The summed E-state index contributed by atoms with van der Waals surface area (Å²) in [5, 5.41) is 2.59. The van der Waals surface area contributed by atoms with Gasteiger partial charge < -0.3 is 10.1 Å². The summed E-state index contributed by atoms with van der Waals surface area (Å²) in [5.74, 6) is -0.605. The number of benzene rings is 2. The highest BCUT2D eigenvalue weighted by Crippen LogP contribution is 2.36. The fraction of sp³-hybridized carbons (Fsp3) is 0.286. The van der Waals surface area contributed by atoms with Crippen LogP contribution in [0.15, 0.2) is 42.5 Å². The first-order valence-corrected chi connectivity index (χ1v) is 9.89. The molecule has 156 valence electrons. The van der Waals surface area contributed by atoms with Crippen LogP contribution in [0.2, 0.25) is 5.02 Å². The smallest absolute Gasteiger partial charge is 0.253 e. The Bertz CT molecular complexity index is 1120. The molecule has 9 heteroatoms. The molecule has 0 radical (unpaired) electrons. The fourth-order valence-corrected chi connectivity index (χ4v) is 3.82. The van der Waals surface area contributed by atoms with Crippen molar-refractivity contribution in [2.75, 3.05) is 30.5 Å². The highest BCUT2D eigenvalue weighted by Gasteiger charge is 2.40. The molecule has 1 aliphatic rings. The average Bonchev–Trinajstić information content (AvgIpc) is 3.21. The second-order valence-corrected chi connectivity index (χ2v) is 7.41. The SMILES string of the molecule is COCCCN1C(=O)[C@@H](CC(=O)Nc2ccc(F)c(Cl)c2)n2c1nc1ccccc12. The van der Waals surface area contributed by atoms with Gasteiger partial charge in [-0.05, 0) is 36.8 Å². The lowest BCUT2D eigenvalue weighted by molar-refractivity contribution is -0.124. The number of hydrogen-bond donors (Lipinski definition) is 1. The molecule has 1 N–H and O–H groups in total. The third-order valence-corrected chi connectivity index (χ3v) is 5.28. The van der Waals surface area contributed by atoms with Gasteiger partial charge in [0.1, 0.15) is 11.9 Å². The van der Waals surface area contributed by atoms with Crippen molar-refractivity contribution in [3.05, 3.63) is 53.3 Å². The van der Waals surface area contributed by atoms with E-state index in [4.69, 9.17) is 16.3 Å². The number of ether oxygens (including phenoxy) is 1. The first-order valence-electron chi connectivity index (χ1n) is 9.52. The Labute approximate surface area is 177 Å². The van der Waals surface area contributed by atoms with E-state index < -0.39 is 11.9 Å². The Kier molecular flexibility index (Phi) is 5.69. The van der Waals surface area contributed by atoms with Gasteiger partial charge in [0, 0.05) is 25.9 Å². The number of aromatic nitrogens is 2. The average molecular weight is 431 g/mol. The Morgan fingerprint density at radius 3 is 2.87 bits per heavy atom.